The van der Waals surface area contributed by atoms with E-state index in [4.69, 9.17) is 0 Å². The van der Waals surface area contributed by atoms with E-state index in [0.717, 1.165) is 19.1 Å². The second-order valence-corrected chi connectivity index (χ2v) is 3.42. The summed E-state index contributed by atoms with van der Waals surface area (Å²) >= 11 is 0. The van der Waals surface area contributed by atoms with Gasteiger partial charge in [-0.15, -0.1) is 0 Å². The van der Waals surface area contributed by atoms with E-state index in [1.807, 2.05) is 0 Å². The van der Waals surface area contributed by atoms with Gasteiger partial charge >= 0.3 is 0 Å². The van der Waals surface area contributed by atoms with Gasteiger partial charge in [-0.3, -0.25) is 0 Å². The predicted octanol–water partition coefficient (Wildman–Crippen LogP) is 4.05. The second kappa shape index (κ2) is 12.2. The van der Waals surface area contributed by atoms with Crippen LogP contribution < -0.4 is 0 Å². The smallest absolute Gasteiger partial charge is 0.120 e. The van der Waals surface area contributed by atoms with Crippen molar-refractivity contribution in [2.75, 3.05) is 0 Å². The highest BCUT2D eigenvalue weighted by Crippen LogP contribution is 2.00. The maximum absolute atomic E-state index is 9.99. The number of aldehydes is 1. The van der Waals surface area contributed by atoms with E-state index in [2.05, 4.69) is 31.2 Å². The van der Waals surface area contributed by atoms with Gasteiger partial charge in [0.1, 0.15) is 6.29 Å². The van der Waals surface area contributed by atoms with Gasteiger partial charge in [0.05, 0.1) is 0 Å². The summed E-state index contributed by atoms with van der Waals surface area (Å²) in [6.45, 7) is 2.22. The first-order valence-corrected chi connectivity index (χ1v) is 5.65. The molecule has 0 N–H and O–H groups in total. The standard InChI is InChI=1S/C13H22O/c1-2-3-4-5-6-7-8-9-10-11-12-13-14/h6-7,9-10,13H,2-5,8,11-12H2,1H3/b7-6?,10-9-. The Morgan fingerprint density at radius 1 is 0.857 bits per heavy atom. The third kappa shape index (κ3) is 11.2. The highest BCUT2D eigenvalue weighted by atomic mass is 16.1. The van der Waals surface area contributed by atoms with Crippen LogP contribution in [0.1, 0.15) is 51.9 Å². The number of carbonyl (C=O) groups is 1. The number of unbranched alkanes of at least 4 members (excludes halogenated alkanes) is 4. The minimum atomic E-state index is 0.650. The quantitative estimate of drug-likeness (QED) is 0.307. The van der Waals surface area contributed by atoms with Gasteiger partial charge in [0, 0.05) is 6.42 Å². The normalized spacial score (nSPS) is 11.5. The summed E-state index contributed by atoms with van der Waals surface area (Å²) in [6.07, 6.45) is 17.3. The van der Waals surface area contributed by atoms with Crippen molar-refractivity contribution >= 4 is 6.29 Å². The molecule has 0 unspecified atom stereocenters. The summed E-state index contributed by atoms with van der Waals surface area (Å²) in [4.78, 5) is 9.99. The van der Waals surface area contributed by atoms with Gasteiger partial charge in [-0.05, 0) is 25.7 Å². The Balaban J connectivity index is 3.17. The Bertz CT molecular complexity index is 168. The van der Waals surface area contributed by atoms with Crippen LogP contribution in [0.25, 0.3) is 0 Å². The lowest BCUT2D eigenvalue weighted by Crippen LogP contribution is -1.71. The summed E-state index contributed by atoms with van der Waals surface area (Å²) in [5, 5.41) is 0. The van der Waals surface area contributed by atoms with Crippen molar-refractivity contribution in [3.8, 4) is 0 Å². The van der Waals surface area contributed by atoms with Gasteiger partial charge < -0.3 is 4.79 Å². The van der Waals surface area contributed by atoms with Crippen LogP contribution in [0.5, 0.6) is 0 Å². The molecule has 0 radical (unpaired) electrons. The third-order valence-electron chi connectivity index (χ3n) is 2.03. The molecule has 1 heteroatoms. The first kappa shape index (κ1) is 13.2. The van der Waals surface area contributed by atoms with Crippen LogP contribution in [0, 0.1) is 0 Å². The molecule has 0 aliphatic heterocycles. The average molecular weight is 194 g/mol. The third-order valence-corrected chi connectivity index (χ3v) is 2.03. The molecule has 0 aromatic heterocycles. The van der Waals surface area contributed by atoms with Gasteiger partial charge in [0.15, 0.2) is 0 Å². The fourth-order valence-corrected chi connectivity index (χ4v) is 1.18. The topological polar surface area (TPSA) is 17.1 Å². The molecular weight excluding hydrogens is 172 g/mol. The Kier molecular flexibility index (Phi) is 11.4. The molecule has 0 amide bonds. The lowest BCUT2D eigenvalue weighted by molar-refractivity contribution is -0.107. The first-order valence-electron chi connectivity index (χ1n) is 5.65. The molecule has 0 heterocycles. The van der Waals surface area contributed by atoms with E-state index >= 15 is 0 Å². The Morgan fingerprint density at radius 3 is 2.21 bits per heavy atom. The Labute approximate surface area is 87.9 Å². The minimum Gasteiger partial charge on any atom is -0.303 e. The van der Waals surface area contributed by atoms with E-state index in [0.29, 0.717) is 6.42 Å². The molecule has 0 aliphatic rings. The lowest BCUT2D eigenvalue weighted by atomic mass is 10.2. The van der Waals surface area contributed by atoms with E-state index in [9.17, 15) is 4.79 Å². The SMILES string of the molecule is CCCCCC=CC/C=C\CCC=O. The van der Waals surface area contributed by atoms with Crippen LogP contribution >= 0.6 is 0 Å². The zero-order chi connectivity index (χ0) is 10.5. The van der Waals surface area contributed by atoms with Gasteiger partial charge in [-0.1, -0.05) is 44.1 Å². The van der Waals surface area contributed by atoms with Crippen LogP contribution in [0.2, 0.25) is 0 Å². The lowest BCUT2D eigenvalue weighted by Gasteiger charge is -1.90. The maximum atomic E-state index is 9.99. The molecule has 0 rings (SSSR count). The van der Waals surface area contributed by atoms with Crippen LogP contribution in [0.15, 0.2) is 24.3 Å². The van der Waals surface area contributed by atoms with E-state index in [-0.39, 0.29) is 0 Å². The molecule has 1 nitrogen and oxygen atoms in total. The summed E-state index contributed by atoms with van der Waals surface area (Å²) in [6, 6.07) is 0. The monoisotopic (exact) mass is 194 g/mol. The van der Waals surface area contributed by atoms with Crippen LogP contribution in [-0.4, -0.2) is 6.29 Å². The van der Waals surface area contributed by atoms with Gasteiger partial charge in [-0.25, -0.2) is 0 Å². The largest absolute Gasteiger partial charge is 0.303 e. The first-order chi connectivity index (χ1) is 6.91. The zero-order valence-electron chi connectivity index (χ0n) is 9.24. The summed E-state index contributed by atoms with van der Waals surface area (Å²) < 4.78 is 0. The van der Waals surface area contributed by atoms with Crippen molar-refractivity contribution < 1.29 is 4.79 Å². The number of hydrogen-bond acceptors (Lipinski definition) is 1. The zero-order valence-corrected chi connectivity index (χ0v) is 9.24. The molecule has 14 heavy (non-hydrogen) atoms. The van der Waals surface area contributed by atoms with Crippen LogP contribution in [0.3, 0.4) is 0 Å². The molecule has 0 atom stereocenters. The molecule has 80 valence electrons. The van der Waals surface area contributed by atoms with Gasteiger partial charge in [-0.2, -0.15) is 0 Å². The van der Waals surface area contributed by atoms with Crippen molar-refractivity contribution in [3.05, 3.63) is 24.3 Å². The molecule has 0 bridgehead atoms. The molecular formula is C13H22O. The molecule has 0 fully saturated rings. The van der Waals surface area contributed by atoms with Crippen LogP contribution in [0.4, 0.5) is 0 Å². The molecule has 0 spiro atoms. The number of carbonyl (C=O) groups excluding carboxylic acids is 1. The highest BCUT2D eigenvalue weighted by Gasteiger charge is 1.81. The van der Waals surface area contributed by atoms with Gasteiger partial charge in [0.2, 0.25) is 0 Å². The number of allylic oxidation sites excluding steroid dienone is 4. The molecule has 0 aliphatic carbocycles. The highest BCUT2D eigenvalue weighted by molar-refractivity contribution is 5.49. The second-order valence-electron chi connectivity index (χ2n) is 3.42. The summed E-state index contributed by atoms with van der Waals surface area (Å²) in [5.74, 6) is 0. The molecule has 0 aromatic rings. The number of hydrogen-bond donors (Lipinski definition) is 0. The van der Waals surface area contributed by atoms with Crippen LogP contribution in [-0.2, 0) is 4.79 Å². The van der Waals surface area contributed by atoms with Gasteiger partial charge in [0.25, 0.3) is 0 Å². The van der Waals surface area contributed by atoms with Crippen molar-refractivity contribution in [2.24, 2.45) is 0 Å². The van der Waals surface area contributed by atoms with Crippen molar-refractivity contribution in [1.82, 2.24) is 0 Å². The fraction of sp³-hybridized carbons (Fsp3) is 0.615. The molecule has 0 saturated heterocycles. The van der Waals surface area contributed by atoms with E-state index < -0.39 is 0 Å². The average Bonchev–Trinajstić information content (AvgIpc) is 2.21. The summed E-state index contributed by atoms with van der Waals surface area (Å²) in [7, 11) is 0. The van der Waals surface area contributed by atoms with Crippen molar-refractivity contribution in [3.63, 3.8) is 0 Å². The Morgan fingerprint density at radius 2 is 1.57 bits per heavy atom. The summed E-state index contributed by atoms with van der Waals surface area (Å²) in [5.41, 5.74) is 0. The maximum Gasteiger partial charge on any atom is 0.120 e. The molecule has 0 saturated carbocycles. The Hall–Kier alpha value is -0.850. The predicted molar refractivity (Wildman–Crippen MR) is 62.3 cm³/mol. The van der Waals surface area contributed by atoms with Crippen molar-refractivity contribution in [2.45, 2.75) is 51.9 Å². The number of rotatable bonds is 9. The van der Waals surface area contributed by atoms with E-state index in [1.54, 1.807) is 0 Å². The van der Waals surface area contributed by atoms with E-state index in [1.165, 1.54) is 25.7 Å². The van der Waals surface area contributed by atoms with Crippen molar-refractivity contribution in [1.29, 1.82) is 0 Å². The molecule has 0 aromatic carbocycles. The minimum absolute atomic E-state index is 0.650. The fourth-order valence-electron chi connectivity index (χ4n) is 1.18.